The highest BCUT2D eigenvalue weighted by Gasteiger charge is 2.19. The van der Waals surface area contributed by atoms with Crippen molar-refractivity contribution in [2.75, 3.05) is 13.7 Å². The summed E-state index contributed by atoms with van der Waals surface area (Å²) in [6.45, 7) is 1.99. The molecule has 3 rings (SSSR count). The molecule has 0 saturated heterocycles. The van der Waals surface area contributed by atoms with Gasteiger partial charge in [-0.2, -0.15) is 0 Å². The van der Waals surface area contributed by atoms with E-state index in [9.17, 15) is 9.90 Å². The van der Waals surface area contributed by atoms with E-state index in [0.29, 0.717) is 11.1 Å². The Morgan fingerprint density at radius 1 is 1.22 bits per heavy atom. The molecule has 0 aliphatic carbocycles. The summed E-state index contributed by atoms with van der Waals surface area (Å²) in [4.78, 5) is 13.2. The monoisotopic (exact) mass is 328 g/mol. The van der Waals surface area contributed by atoms with Crippen LogP contribution in [0.2, 0.25) is 0 Å². The molecule has 0 aliphatic rings. The SMILES string of the molecule is CCOC(=O)c1cc(-c2cccs2)c2cc(OC)ccc2c1O. The molecule has 2 aromatic carbocycles. The summed E-state index contributed by atoms with van der Waals surface area (Å²) in [6, 6.07) is 11.0. The summed E-state index contributed by atoms with van der Waals surface area (Å²) in [5.41, 5.74) is 1.04. The van der Waals surface area contributed by atoms with Crippen molar-refractivity contribution in [3.05, 3.63) is 47.3 Å². The first kappa shape index (κ1) is 15.4. The molecule has 0 amide bonds. The molecule has 0 spiro atoms. The fourth-order valence-corrected chi connectivity index (χ4v) is 3.27. The summed E-state index contributed by atoms with van der Waals surface area (Å²) in [6.07, 6.45) is 0. The number of esters is 1. The van der Waals surface area contributed by atoms with Crippen molar-refractivity contribution in [1.82, 2.24) is 0 Å². The van der Waals surface area contributed by atoms with Gasteiger partial charge in [-0.3, -0.25) is 0 Å². The van der Waals surface area contributed by atoms with Gasteiger partial charge in [-0.1, -0.05) is 6.07 Å². The standard InChI is InChI=1S/C18H16O4S/c1-3-22-18(20)15-10-14(16-5-4-8-23-16)13-9-11(21-2)6-7-12(13)17(15)19/h4-10,19H,3H2,1-2H3. The van der Waals surface area contributed by atoms with Crippen LogP contribution in [-0.2, 0) is 4.74 Å². The van der Waals surface area contributed by atoms with Crippen LogP contribution in [0.25, 0.3) is 21.2 Å². The number of methoxy groups -OCH3 is 1. The molecule has 0 saturated carbocycles. The third-order valence-corrected chi connectivity index (χ3v) is 4.50. The Bertz CT molecular complexity index is 853. The Kier molecular flexibility index (Phi) is 4.21. The number of fused-ring (bicyclic) bond motifs is 1. The Balaban J connectivity index is 2.32. The normalized spacial score (nSPS) is 10.7. The Morgan fingerprint density at radius 3 is 2.70 bits per heavy atom. The molecule has 3 aromatic rings. The zero-order chi connectivity index (χ0) is 16.4. The van der Waals surface area contributed by atoms with Crippen LogP contribution in [0.15, 0.2) is 41.8 Å². The highest BCUT2D eigenvalue weighted by Crippen LogP contribution is 2.40. The Labute approximate surface area is 137 Å². The van der Waals surface area contributed by atoms with E-state index in [1.54, 1.807) is 43.6 Å². The highest BCUT2D eigenvalue weighted by atomic mass is 32.1. The first-order chi connectivity index (χ1) is 11.2. The first-order valence-electron chi connectivity index (χ1n) is 7.20. The van der Waals surface area contributed by atoms with Crippen LogP contribution in [0.5, 0.6) is 11.5 Å². The van der Waals surface area contributed by atoms with Crippen LogP contribution < -0.4 is 4.74 Å². The minimum Gasteiger partial charge on any atom is -0.506 e. The summed E-state index contributed by atoms with van der Waals surface area (Å²) in [5, 5.41) is 13.9. The number of benzene rings is 2. The molecule has 0 bridgehead atoms. The number of hydrogen-bond acceptors (Lipinski definition) is 5. The first-order valence-corrected chi connectivity index (χ1v) is 8.08. The third kappa shape index (κ3) is 2.75. The van der Waals surface area contributed by atoms with E-state index in [4.69, 9.17) is 9.47 Å². The minimum absolute atomic E-state index is 0.0681. The van der Waals surface area contributed by atoms with E-state index in [-0.39, 0.29) is 17.9 Å². The van der Waals surface area contributed by atoms with Crippen LogP contribution in [0.3, 0.4) is 0 Å². The van der Waals surface area contributed by atoms with E-state index in [2.05, 4.69) is 0 Å². The van der Waals surface area contributed by atoms with Crippen LogP contribution in [0, 0.1) is 0 Å². The van der Waals surface area contributed by atoms with Gasteiger partial charge < -0.3 is 14.6 Å². The third-order valence-electron chi connectivity index (χ3n) is 3.60. The lowest BCUT2D eigenvalue weighted by molar-refractivity contribution is 0.0523. The maximum absolute atomic E-state index is 12.2. The molecule has 1 heterocycles. The number of rotatable bonds is 4. The maximum Gasteiger partial charge on any atom is 0.341 e. The molecule has 1 aromatic heterocycles. The van der Waals surface area contributed by atoms with E-state index in [1.165, 1.54) is 0 Å². The van der Waals surface area contributed by atoms with Gasteiger partial charge in [-0.05, 0) is 48.0 Å². The average molecular weight is 328 g/mol. The lowest BCUT2D eigenvalue weighted by atomic mass is 9.98. The number of thiophene rings is 1. The van der Waals surface area contributed by atoms with Crippen molar-refractivity contribution < 1.29 is 19.4 Å². The van der Waals surface area contributed by atoms with Gasteiger partial charge >= 0.3 is 5.97 Å². The van der Waals surface area contributed by atoms with Crippen LogP contribution in [0.1, 0.15) is 17.3 Å². The second kappa shape index (κ2) is 6.30. The van der Waals surface area contributed by atoms with E-state index in [0.717, 1.165) is 15.8 Å². The molecule has 5 heteroatoms. The molecule has 23 heavy (non-hydrogen) atoms. The largest absolute Gasteiger partial charge is 0.506 e. The van der Waals surface area contributed by atoms with E-state index in [1.807, 2.05) is 23.6 Å². The molecule has 118 valence electrons. The van der Waals surface area contributed by atoms with Crippen LogP contribution in [0.4, 0.5) is 0 Å². The number of phenolic OH excluding ortho intramolecular Hbond substituents is 1. The van der Waals surface area contributed by atoms with Crippen molar-refractivity contribution in [1.29, 1.82) is 0 Å². The lowest BCUT2D eigenvalue weighted by Gasteiger charge is -2.13. The molecule has 0 aliphatic heterocycles. The summed E-state index contributed by atoms with van der Waals surface area (Å²) >= 11 is 1.57. The molecule has 4 nitrogen and oxygen atoms in total. The number of aromatic hydroxyl groups is 1. The average Bonchev–Trinajstić information content (AvgIpc) is 3.09. The maximum atomic E-state index is 12.2. The van der Waals surface area contributed by atoms with E-state index < -0.39 is 5.97 Å². The highest BCUT2D eigenvalue weighted by molar-refractivity contribution is 7.13. The van der Waals surface area contributed by atoms with Gasteiger partial charge in [-0.25, -0.2) is 4.79 Å². The fourth-order valence-electron chi connectivity index (χ4n) is 2.52. The van der Waals surface area contributed by atoms with Gasteiger partial charge in [0, 0.05) is 15.8 Å². The number of ether oxygens (including phenoxy) is 2. The van der Waals surface area contributed by atoms with Crippen molar-refractivity contribution in [3.8, 4) is 21.9 Å². The molecular formula is C18H16O4S. The molecule has 0 radical (unpaired) electrons. The second-order valence-corrected chi connectivity index (χ2v) is 5.88. The molecule has 0 atom stereocenters. The second-order valence-electron chi connectivity index (χ2n) is 4.93. The topological polar surface area (TPSA) is 55.8 Å². The van der Waals surface area contributed by atoms with Gasteiger partial charge in [0.1, 0.15) is 17.1 Å². The van der Waals surface area contributed by atoms with Crippen LogP contribution in [-0.4, -0.2) is 24.8 Å². The predicted molar refractivity (Wildman–Crippen MR) is 91.4 cm³/mol. The van der Waals surface area contributed by atoms with Gasteiger partial charge in [0.15, 0.2) is 0 Å². The Hall–Kier alpha value is -2.53. The number of carbonyl (C=O) groups excluding carboxylic acids is 1. The number of hydrogen-bond donors (Lipinski definition) is 1. The minimum atomic E-state index is -0.527. The van der Waals surface area contributed by atoms with Gasteiger partial charge in [0.2, 0.25) is 0 Å². The zero-order valence-electron chi connectivity index (χ0n) is 12.8. The van der Waals surface area contributed by atoms with Crippen LogP contribution >= 0.6 is 11.3 Å². The molecular weight excluding hydrogens is 312 g/mol. The van der Waals surface area contributed by atoms with Gasteiger partial charge in [0.25, 0.3) is 0 Å². The summed E-state index contributed by atoms with van der Waals surface area (Å²) in [5.74, 6) is 0.0977. The molecule has 1 N–H and O–H groups in total. The number of carbonyl (C=O) groups is 1. The molecule has 0 fully saturated rings. The fraction of sp³-hybridized carbons (Fsp3) is 0.167. The quantitative estimate of drug-likeness (QED) is 0.719. The summed E-state index contributed by atoms with van der Waals surface area (Å²) in [7, 11) is 1.60. The van der Waals surface area contributed by atoms with Crippen molar-refractivity contribution >= 4 is 28.1 Å². The predicted octanol–water partition coefficient (Wildman–Crippen LogP) is 4.46. The smallest absolute Gasteiger partial charge is 0.341 e. The summed E-state index contributed by atoms with van der Waals surface area (Å²) < 4.78 is 10.3. The number of phenols is 1. The molecule has 0 unspecified atom stereocenters. The Morgan fingerprint density at radius 2 is 2.04 bits per heavy atom. The zero-order valence-corrected chi connectivity index (χ0v) is 13.6. The van der Waals surface area contributed by atoms with Gasteiger partial charge in [-0.15, -0.1) is 11.3 Å². The van der Waals surface area contributed by atoms with Gasteiger partial charge in [0.05, 0.1) is 13.7 Å². The van der Waals surface area contributed by atoms with Crippen molar-refractivity contribution in [2.45, 2.75) is 6.92 Å². The van der Waals surface area contributed by atoms with Crippen molar-refractivity contribution in [2.24, 2.45) is 0 Å². The van der Waals surface area contributed by atoms with E-state index >= 15 is 0 Å². The lowest BCUT2D eigenvalue weighted by Crippen LogP contribution is -2.05. The van der Waals surface area contributed by atoms with Crippen molar-refractivity contribution in [3.63, 3.8) is 0 Å².